The van der Waals surface area contributed by atoms with Crippen LogP contribution in [0, 0.1) is 18.8 Å². The van der Waals surface area contributed by atoms with E-state index < -0.39 is 0 Å². The Balaban J connectivity index is 1.62. The molecule has 2 aliphatic heterocycles. The first-order chi connectivity index (χ1) is 12.2. The van der Waals surface area contributed by atoms with E-state index in [0.29, 0.717) is 5.92 Å². The van der Waals surface area contributed by atoms with Gasteiger partial charge in [0.1, 0.15) is 0 Å². The SMILES string of the molecule is CN=C(NCC1CCCOC1c1ccc(C)cc1)N1CCCC(C)C1. The maximum Gasteiger partial charge on any atom is 0.193 e. The molecule has 0 aliphatic carbocycles. The van der Waals surface area contributed by atoms with Gasteiger partial charge in [-0.2, -0.15) is 0 Å². The number of piperidine rings is 1. The molecule has 3 atom stereocenters. The van der Waals surface area contributed by atoms with Crippen molar-refractivity contribution in [2.45, 2.75) is 45.6 Å². The number of aryl methyl sites for hydroxylation is 1. The van der Waals surface area contributed by atoms with Gasteiger partial charge in [0.2, 0.25) is 0 Å². The smallest absolute Gasteiger partial charge is 0.193 e. The van der Waals surface area contributed by atoms with Crippen LogP contribution < -0.4 is 5.32 Å². The van der Waals surface area contributed by atoms with Crippen molar-refractivity contribution in [1.82, 2.24) is 10.2 Å². The molecule has 0 radical (unpaired) electrons. The lowest BCUT2D eigenvalue weighted by Crippen LogP contribution is -2.48. The molecular formula is C21H33N3O. The number of likely N-dealkylation sites (tertiary alicyclic amines) is 1. The summed E-state index contributed by atoms with van der Waals surface area (Å²) in [7, 11) is 1.90. The standard InChI is InChI=1S/C21H33N3O/c1-16-8-10-18(11-9-16)20-19(7-5-13-25-20)14-23-21(22-3)24-12-4-6-17(2)15-24/h8-11,17,19-20H,4-7,12-15H2,1-3H3,(H,22,23). The topological polar surface area (TPSA) is 36.9 Å². The fraction of sp³-hybridized carbons (Fsp3) is 0.667. The zero-order chi connectivity index (χ0) is 17.6. The second-order valence-electron chi connectivity index (χ2n) is 7.73. The highest BCUT2D eigenvalue weighted by Crippen LogP contribution is 2.33. The first kappa shape index (κ1) is 18.2. The van der Waals surface area contributed by atoms with E-state index in [9.17, 15) is 0 Å². The third kappa shape index (κ3) is 4.75. The van der Waals surface area contributed by atoms with E-state index in [1.165, 1.54) is 30.4 Å². The van der Waals surface area contributed by atoms with Crippen LogP contribution in [0.5, 0.6) is 0 Å². The third-order valence-corrected chi connectivity index (χ3v) is 5.54. The van der Waals surface area contributed by atoms with Gasteiger partial charge in [-0.15, -0.1) is 0 Å². The van der Waals surface area contributed by atoms with E-state index in [-0.39, 0.29) is 6.10 Å². The highest BCUT2D eigenvalue weighted by Gasteiger charge is 2.28. The molecule has 1 aromatic rings. The number of guanidine groups is 1. The zero-order valence-corrected chi connectivity index (χ0v) is 16.0. The molecule has 0 amide bonds. The summed E-state index contributed by atoms with van der Waals surface area (Å²) in [5.41, 5.74) is 2.60. The first-order valence-electron chi connectivity index (χ1n) is 9.81. The molecule has 4 heteroatoms. The lowest BCUT2D eigenvalue weighted by molar-refractivity contribution is -0.0267. The number of hydrogen-bond donors (Lipinski definition) is 1. The van der Waals surface area contributed by atoms with E-state index in [2.05, 4.69) is 53.3 Å². The molecule has 138 valence electrons. The molecule has 4 nitrogen and oxygen atoms in total. The van der Waals surface area contributed by atoms with E-state index in [1.807, 2.05) is 7.05 Å². The average molecular weight is 344 g/mol. The molecule has 1 N–H and O–H groups in total. The second-order valence-corrected chi connectivity index (χ2v) is 7.73. The Labute approximate surface area is 152 Å². The Kier molecular flexibility index (Phi) is 6.35. The van der Waals surface area contributed by atoms with Crippen LogP contribution in [-0.4, -0.2) is 44.1 Å². The minimum Gasteiger partial charge on any atom is -0.373 e. The fourth-order valence-corrected chi connectivity index (χ4v) is 4.11. The highest BCUT2D eigenvalue weighted by atomic mass is 16.5. The summed E-state index contributed by atoms with van der Waals surface area (Å²) in [6, 6.07) is 8.82. The second kappa shape index (κ2) is 8.70. The molecular weight excluding hydrogens is 310 g/mol. The van der Waals surface area contributed by atoms with Crippen molar-refractivity contribution in [2.75, 3.05) is 33.3 Å². The van der Waals surface area contributed by atoms with Crippen LogP contribution in [0.4, 0.5) is 0 Å². The Morgan fingerprint density at radius 1 is 1.24 bits per heavy atom. The molecule has 0 spiro atoms. The summed E-state index contributed by atoms with van der Waals surface area (Å²) in [6.07, 6.45) is 5.15. The number of hydrogen-bond acceptors (Lipinski definition) is 2. The van der Waals surface area contributed by atoms with Gasteiger partial charge in [-0.05, 0) is 44.1 Å². The molecule has 0 bridgehead atoms. The quantitative estimate of drug-likeness (QED) is 0.670. The van der Waals surface area contributed by atoms with Crippen LogP contribution >= 0.6 is 0 Å². The maximum absolute atomic E-state index is 6.15. The number of benzene rings is 1. The Morgan fingerprint density at radius 2 is 2.04 bits per heavy atom. The molecule has 0 aromatic heterocycles. The van der Waals surface area contributed by atoms with Gasteiger partial charge in [-0.1, -0.05) is 36.8 Å². The predicted molar refractivity (Wildman–Crippen MR) is 104 cm³/mol. The average Bonchev–Trinajstić information content (AvgIpc) is 2.63. The van der Waals surface area contributed by atoms with Gasteiger partial charge >= 0.3 is 0 Å². The number of aliphatic imine (C=N–C) groups is 1. The van der Waals surface area contributed by atoms with Crippen molar-refractivity contribution in [3.63, 3.8) is 0 Å². The molecule has 2 saturated heterocycles. The Bertz CT molecular complexity index is 569. The van der Waals surface area contributed by atoms with E-state index >= 15 is 0 Å². The molecule has 25 heavy (non-hydrogen) atoms. The van der Waals surface area contributed by atoms with Crippen LogP contribution in [-0.2, 0) is 4.74 Å². The van der Waals surface area contributed by atoms with E-state index in [4.69, 9.17) is 4.74 Å². The van der Waals surface area contributed by atoms with Crippen molar-refractivity contribution >= 4 is 5.96 Å². The van der Waals surface area contributed by atoms with Crippen LogP contribution in [0.3, 0.4) is 0 Å². The van der Waals surface area contributed by atoms with Gasteiger partial charge in [0.25, 0.3) is 0 Å². The molecule has 0 saturated carbocycles. The normalized spacial score (nSPS) is 28.0. The van der Waals surface area contributed by atoms with Crippen molar-refractivity contribution in [2.24, 2.45) is 16.8 Å². The Morgan fingerprint density at radius 3 is 2.76 bits per heavy atom. The maximum atomic E-state index is 6.15. The van der Waals surface area contributed by atoms with Gasteiger partial charge in [0.05, 0.1) is 6.10 Å². The zero-order valence-electron chi connectivity index (χ0n) is 16.0. The van der Waals surface area contributed by atoms with Crippen LogP contribution in [0.15, 0.2) is 29.3 Å². The van der Waals surface area contributed by atoms with Crippen molar-refractivity contribution < 1.29 is 4.74 Å². The van der Waals surface area contributed by atoms with Gasteiger partial charge in [-0.3, -0.25) is 4.99 Å². The first-order valence-corrected chi connectivity index (χ1v) is 9.81. The van der Waals surface area contributed by atoms with Crippen LogP contribution in [0.1, 0.15) is 49.8 Å². The molecule has 2 aliphatic rings. The third-order valence-electron chi connectivity index (χ3n) is 5.54. The van der Waals surface area contributed by atoms with Gasteiger partial charge in [-0.25, -0.2) is 0 Å². The van der Waals surface area contributed by atoms with Gasteiger partial charge < -0.3 is 15.0 Å². The molecule has 2 fully saturated rings. The van der Waals surface area contributed by atoms with Gasteiger partial charge in [0, 0.05) is 39.2 Å². The predicted octanol–water partition coefficient (Wildman–Crippen LogP) is 3.77. The largest absolute Gasteiger partial charge is 0.373 e. The highest BCUT2D eigenvalue weighted by molar-refractivity contribution is 5.80. The van der Waals surface area contributed by atoms with Crippen LogP contribution in [0.2, 0.25) is 0 Å². The number of ether oxygens (including phenoxy) is 1. The van der Waals surface area contributed by atoms with Gasteiger partial charge in [0.15, 0.2) is 5.96 Å². The van der Waals surface area contributed by atoms with Crippen LogP contribution in [0.25, 0.3) is 0 Å². The fourth-order valence-electron chi connectivity index (χ4n) is 4.11. The summed E-state index contributed by atoms with van der Waals surface area (Å²) >= 11 is 0. The van der Waals surface area contributed by atoms with Crippen molar-refractivity contribution in [1.29, 1.82) is 0 Å². The van der Waals surface area contributed by atoms with E-state index in [1.54, 1.807) is 0 Å². The summed E-state index contributed by atoms with van der Waals surface area (Å²) in [4.78, 5) is 6.95. The number of rotatable bonds is 3. The summed E-state index contributed by atoms with van der Waals surface area (Å²) in [5.74, 6) is 2.31. The summed E-state index contributed by atoms with van der Waals surface area (Å²) < 4.78 is 6.15. The lowest BCUT2D eigenvalue weighted by Gasteiger charge is -2.36. The van der Waals surface area contributed by atoms with E-state index in [0.717, 1.165) is 44.5 Å². The number of nitrogens with zero attached hydrogens (tertiary/aromatic N) is 2. The van der Waals surface area contributed by atoms with Crippen molar-refractivity contribution in [3.05, 3.63) is 35.4 Å². The minimum atomic E-state index is 0.195. The lowest BCUT2D eigenvalue weighted by atomic mass is 9.89. The summed E-state index contributed by atoms with van der Waals surface area (Å²) in [6.45, 7) is 8.49. The number of nitrogens with one attached hydrogen (secondary N) is 1. The molecule has 1 aromatic carbocycles. The van der Waals surface area contributed by atoms with Crippen molar-refractivity contribution in [3.8, 4) is 0 Å². The minimum absolute atomic E-state index is 0.195. The molecule has 3 rings (SSSR count). The summed E-state index contributed by atoms with van der Waals surface area (Å²) in [5, 5.41) is 3.64. The molecule has 2 heterocycles. The Hall–Kier alpha value is -1.55. The molecule has 3 unspecified atom stereocenters. The monoisotopic (exact) mass is 343 g/mol.